The molecular formula is C20H24N2O2. The van der Waals surface area contributed by atoms with Crippen molar-refractivity contribution in [3.8, 4) is 0 Å². The zero-order valence-corrected chi connectivity index (χ0v) is 14.6. The van der Waals surface area contributed by atoms with Gasteiger partial charge in [0.15, 0.2) is 0 Å². The van der Waals surface area contributed by atoms with Gasteiger partial charge in [-0.05, 0) is 47.4 Å². The maximum Gasteiger partial charge on any atom is 0.255 e. The Balaban J connectivity index is 2.03. The summed E-state index contributed by atoms with van der Waals surface area (Å²) in [7, 11) is 0. The second-order valence-corrected chi connectivity index (χ2v) is 6.76. The summed E-state index contributed by atoms with van der Waals surface area (Å²) in [5, 5.41) is 5.64. The third-order valence-corrected chi connectivity index (χ3v) is 3.76. The van der Waals surface area contributed by atoms with Crippen molar-refractivity contribution in [2.45, 2.75) is 39.5 Å². The number of anilines is 2. The van der Waals surface area contributed by atoms with Crippen LogP contribution in [0.1, 0.15) is 50.0 Å². The minimum atomic E-state index is -0.174. The molecule has 4 heteroatoms. The number of hydrogen-bond acceptors (Lipinski definition) is 2. The molecule has 0 heterocycles. The molecule has 0 fully saturated rings. The number of carbonyl (C=O) groups is 2. The quantitative estimate of drug-likeness (QED) is 0.864. The van der Waals surface area contributed by atoms with Gasteiger partial charge in [-0.2, -0.15) is 0 Å². The first kappa shape index (κ1) is 17.7. The minimum Gasteiger partial charge on any atom is -0.326 e. The highest BCUT2D eigenvalue weighted by Gasteiger charge is 2.13. The highest BCUT2D eigenvalue weighted by atomic mass is 16.2. The summed E-state index contributed by atoms with van der Waals surface area (Å²) in [4.78, 5) is 23.6. The molecule has 2 rings (SSSR count). The monoisotopic (exact) mass is 324 g/mol. The molecule has 0 bridgehead atoms. The van der Waals surface area contributed by atoms with E-state index < -0.39 is 0 Å². The van der Waals surface area contributed by atoms with Crippen molar-refractivity contribution in [3.05, 3.63) is 59.7 Å². The zero-order valence-electron chi connectivity index (χ0n) is 14.6. The van der Waals surface area contributed by atoms with Crippen LogP contribution < -0.4 is 10.6 Å². The molecule has 2 aromatic rings. The Morgan fingerprint density at radius 3 is 1.83 bits per heavy atom. The van der Waals surface area contributed by atoms with E-state index in [0.29, 0.717) is 17.7 Å². The van der Waals surface area contributed by atoms with E-state index in [0.717, 1.165) is 5.69 Å². The van der Waals surface area contributed by atoms with Gasteiger partial charge in [0.2, 0.25) is 5.91 Å². The van der Waals surface area contributed by atoms with Crippen LogP contribution in [-0.2, 0) is 10.2 Å². The van der Waals surface area contributed by atoms with Crippen LogP contribution in [0, 0.1) is 0 Å². The average molecular weight is 324 g/mol. The van der Waals surface area contributed by atoms with Crippen molar-refractivity contribution in [2.24, 2.45) is 0 Å². The third-order valence-electron chi connectivity index (χ3n) is 3.76. The van der Waals surface area contributed by atoms with Gasteiger partial charge in [-0.15, -0.1) is 0 Å². The van der Waals surface area contributed by atoms with Gasteiger partial charge in [-0.25, -0.2) is 0 Å². The van der Waals surface area contributed by atoms with E-state index in [-0.39, 0.29) is 17.2 Å². The van der Waals surface area contributed by atoms with Crippen LogP contribution in [0.5, 0.6) is 0 Å². The summed E-state index contributed by atoms with van der Waals surface area (Å²) in [6.07, 6.45) is 0.423. The predicted molar refractivity (Wildman–Crippen MR) is 98.5 cm³/mol. The van der Waals surface area contributed by atoms with E-state index in [4.69, 9.17) is 0 Å². The molecular weight excluding hydrogens is 300 g/mol. The standard InChI is InChI=1S/C20H24N2O2/c1-5-18(23)21-16-10-6-14(7-11-16)19(24)22-17-12-8-15(9-13-17)20(2,3)4/h6-13H,5H2,1-4H3,(H,21,23)(H,22,24). The number of carbonyl (C=O) groups excluding carboxylic acids is 2. The zero-order chi connectivity index (χ0) is 17.7. The fourth-order valence-corrected chi connectivity index (χ4v) is 2.21. The van der Waals surface area contributed by atoms with Gasteiger partial charge in [0.05, 0.1) is 0 Å². The first-order valence-corrected chi connectivity index (χ1v) is 8.11. The van der Waals surface area contributed by atoms with Gasteiger partial charge < -0.3 is 10.6 Å². The molecule has 0 aliphatic heterocycles. The Labute approximate surface area is 143 Å². The number of benzene rings is 2. The summed E-state index contributed by atoms with van der Waals surface area (Å²) in [5.41, 5.74) is 3.30. The SMILES string of the molecule is CCC(=O)Nc1ccc(C(=O)Nc2ccc(C(C)(C)C)cc2)cc1. The molecule has 0 aromatic heterocycles. The fourth-order valence-electron chi connectivity index (χ4n) is 2.21. The van der Waals surface area contributed by atoms with Gasteiger partial charge in [0.25, 0.3) is 5.91 Å². The number of rotatable bonds is 4. The molecule has 24 heavy (non-hydrogen) atoms. The molecule has 4 nitrogen and oxygen atoms in total. The molecule has 0 saturated carbocycles. The van der Waals surface area contributed by atoms with Gasteiger partial charge in [-0.3, -0.25) is 9.59 Å². The second-order valence-electron chi connectivity index (χ2n) is 6.76. The largest absolute Gasteiger partial charge is 0.326 e. The first-order valence-electron chi connectivity index (χ1n) is 8.11. The highest BCUT2D eigenvalue weighted by molar-refractivity contribution is 6.04. The van der Waals surface area contributed by atoms with E-state index in [9.17, 15) is 9.59 Å². The molecule has 2 amide bonds. The molecule has 0 aliphatic rings. The van der Waals surface area contributed by atoms with Gasteiger partial charge in [0, 0.05) is 23.4 Å². The van der Waals surface area contributed by atoms with E-state index >= 15 is 0 Å². The van der Waals surface area contributed by atoms with Crippen LogP contribution >= 0.6 is 0 Å². The fraction of sp³-hybridized carbons (Fsp3) is 0.300. The van der Waals surface area contributed by atoms with Gasteiger partial charge in [0.1, 0.15) is 0 Å². The third kappa shape index (κ3) is 4.69. The average Bonchev–Trinajstić information content (AvgIpc) is 2.55. The first-order chi connectivity index (χ1) is 11.3. The van der Waals surface area contributed by atoms with Crippen molar-refractivity contribution >= 4 is 23.2 Å². The Hall–Kier alpha value is -2.62. The number of amides is 2. The lowest BCUT2D eigenvalue weighted by Crippen LogP contribution is -2.14. The summed E-state index contributed by atoms with van der Waals surface area (Å²) >= 11 is 0. The van der Waals surface area contributed by atoms with Crippen molar-refractivity contribution in [1.29, 1.82) is 0 Å². The van der Waals surface area contributed by atoms with Crippen LogP contribution in [0.25, 0.3) is 0 Å². The Morgan fingerprint density at radius 1 is 0.833 bits per heavy atom. The van der Waals surface area contributed by atoms with E-state index in [1.54, 1.807) is 31.2 Å². The lowest BCUT2D eigenvalue weighted by Gasteiger charge is -2.19. The van der Waals surface area contributed by atoms with Crippen LogP contribution in [0.2, 0.25) is 0 Å². The molecule has 0 unspecified atom stereocenters. The lowest BCUT2D eigenvalue weighted by molar-refractivity contribution is -0.115. The topological polar surface area (TPSA) is 58.2 Å². The summed E-state index contributed by atoms with van der Waals surface area (Å²) in [6.45, 7) is 8.25. The molecule has 0 spiro atoms. The molecule has 2 aromatic carbocycles. The number of nitrogens with one attached hydrogen (secondary N) is 2. The predicted octanol–water partition coefficient (Wildman–Crippen LogP) is 4.58. The summed E-state index contributed by atoms with van der Waals surface area (Å²) in [6, 6.07) is 14.7. The minimum absolute atomic E-state index is 0.0499. The van der Waals surface area contributed by atoms with Crippen molar-refractivity contribution in [2.75, 3.05) is 10.6 Å². The second kappa shape index (κ2) is 7.30. The Bertz CT molecular complexity index is 711. The normalized spacial score (nSPS) is 11.0. The molecule has 0 atom stereocenters. The van der Waals surface area contributed by atoms with Crippen molar-refractivity contribution < 1.29 is 9.59 Å². The summed E-state index contributed by atoms with van der Waals surface area (Å²) in [5.74, 6) is -0.224. The Kier molecular flexibility index (Phi) is 5.39. The smallest absolute Gasteiger partial charge is 0.255 e. The molecule has 2 N–H and O–H groups in total. The van der Waals surface area contributed by atoms with Crippen molar-refractivity contribution in [3.63, 3.8) is 0 Å². The molecule has 0 radical (unpaired) electrons. The van der Waals surface area contributed by atoms with Crippen LogP contribution in [0.15, 0.2) is 48.5 Å². The summed E-state index contributed by atoms with van der Waals surface area (Å²) < 4.78 is 0. The maximum atomic E-state index is 12.3. The van der Waals surface area contributed by atoms with Crippen LogP contribution in [0.3, 0.4) is 0 Å². The Morgan fingerprint density at radius 2 is 1.33 bits per heavy atom. The molecule has 0 saturated heterocycles. The van der Waals surface area contributed by atoms with E-state index in [1.165, 1.54) is 5.56 Å². The van der Waals surface area contributed by atoms with Crippen LogP contribution in [-0.4, -0.2) is 11.8 Å². The van der Waals surface area contributed by atoms with Gasteiger partial charge in [-0.1, -0.05) is 39.8 Å². The van der Waals surface area contributed by atoms with E-state index in [1.807, 2.05) is 24.3 Å². The lowest BCUT2D eigenvalue weighted by atomic mass is 9.87. The maximum absolute atomic E-state index is 12.3. The molecule has 126 valence electrons. The van der Waals surface area contributed by atoms with E-state index in [2.05, 4.69) is 31.4 Å². The molecule has 0 aliphatic carbocycles. The number of hydrogen-bond donors (Lipinski definition) is 2. The highest BCUT2D eigenvalue weighted by Crippen LogP contribution is 2.23. The van der Waals surface area contributed by atoms with Crippen molar-refractivity contribution in [1.82, 2.24) is 0 Å². The van der Waals surface area contributed by atoms with Gasteiger partial charge >= 0.3 is 0 Å². The van der Waals surface area contributed by atoms with Crippen LogP contribution in [0.4, 0.5) is 11.4 Å².